The molecule has 0 atom stereocenters. The van der Waals surface area contributed by atoms with Gasteiger partial charge in [-0.3, -0.25) is 9.59 Å². The second-order valence-electron chi connectivity index (χ2n) is 7.15. The Balaban J connectivity index is 1.54. The third kappa shape index (κ3) is 3.67. The molecule has 0 radical (unpaired) electrons. The van der Waals surface area contributed by atoms with Crippen molar-refractivity contribution in [2.75, 3.05) is 10.6 Å². The van der Waals surface area contributed by atoms with E-state index < -0.39 is 0 Å². The molecule has 1 aromatic heterocycles. The Morgan fingerprint density at radius 3 is 2.64 bits per heavy atom. The highest BCUT2D eigenvalue weighted by molar-refractivity contribution is 6.03. The average Bonchev–Trinajstić information content (AvgIpc) is 2.96. The van der Waals surface area contributed by atoms with Crippen LogP contribution < -0.4 is 10.6 Å². The molecule has 2 aromatic carbocycles. The highest BCUT2D eigenvalue weighted by atomic mass is 16.2. The lowest BCUT2D eigenvalue weighted by atomic mass is 10.1. The van der Waals surface area contributed by atoms with Crippen LogP contribution in [0.25, 0.3) is 5.69 Å². The highest BCUT2D eigenvalue weighted by Crippen LogP contribution is 2.25. The first-order valence-corrected chi connectivity index (χ1v) is 9.37. The van der Waals surface area contributed by atoms with Gasteiger partial charge in [-0.15, -0.1) is 0 Å². The van der Waals surface area contributed by atoms with Gasteiger partial charge in [-0.25, -0.2) is 4.68 Å². The molecule has 0 unspecified atom stereocenters. The van der Waals surface area contributed by atoms with Crippen molar-refractivity contribution in [1.82, 2.24) is 9.78 Å². The molecule has 0 spiro atoms. The van der Waals surface area contributed by atoms with Crippen molar-refractivity contribution in [2.45, 2.75) is 33.1 Å². The van der Waals surface area contributed by atoms with Crippen molar-refractivity contribution < 1.29 is 9.59 Å². The van der Waals surface area contributed by atoms with Crippen LogP contribution in [0.1, 0.15) is 40.2 Å². The molecule has 0 saturated carbocycles. The quantitative estimate of drug-likeness (QED) is 0.727. The maximum absolute atomic E-state index is 12.7. The summed E-state index contributed by atoms with van der Waals surface area (Å²) in [6.07, 6.45) is 2.13. The van der Waals surface area contributed by atoms with Crippen LogP contribution in [0.15, 0.2) is 48.5 Å². The highest BCUT2D eigenvalue weighted by Gasteiger charge is 2.16. The fraction of sp³-hybridized carbons (Fsp3) is 0.227. The van der Waals surface area contributed by atoms with Crippen LogP contribution in [0.2, 0.25) is 0 Å². The van der Waals surface area contributed by atoms with E-state index in [0.29, 0.717) is 17.8 Å². The van der Waals surface area contributed by atoms with Crippen LogP contribution in [0, 0.1) is 13.8 Å². The monoisotopic (exact) mass is 374 g/mol. The number of carbonyl (C=O) groups excluding carboxylic acids is 2. The Morgan fingerprint density at radius 2 is 1.86 bits per heavy atom. The van der Waals surface area contributed by atoms with Crippen molar-refractivity contribution in [2.24, 2.45) is 0 Å². The number of aryl methyl sites for hydroxylation is 3. The minimum atomic E-state index is -0.258. The Kier molecular flexibility index (Phi) is 4.69. The molecule has 0 aliphatic carbocycles. The molecule has 0 fully saturated rings. The van der Waals surface area contributed by atoms with Crippen LogP contribution in [0.4, 0.5) is 11.4 Å². The summed E-state index contributed by atoms with van der Waals surface area (Å²) < 4.78 is 1.76. The number of amides is 2. The standard InChI is InChI=1S/C22H22N4O2/c1-14-6-9-18(10-7-14)26-15(2)12-20(25-26)22(28)23-17-8-11-19-16(13-17)4-3-5-21(27)24-19/h6-13H,3-5H2,1-2H3,(H,23,28)(H,24,27). The van der Waals surface area contributed by atoms with Gasteiger partial charge in [0, 0.05) is 23.5 Å². The van der Waals surface area contributed by atoms with Crippen molar-refractivity contribution in [3.8, 4) is 5.69 Å². The molecule has 3 aromatic rings. The minimum Gasteiger partial charge on any atom is -0.326 e. The molecule has 2 heterocycles. The average molecular weight is 374 g/mol. The molecule has 2 amide bonds. The Bertz CT molecular complexity index is 1050. The van der Waals surface area contributed by atoms with Gasteiger partial charge in [-0.1, -0.05) is 17.7 Å². The second-order valence-corrected chi connectivity index (χ2v) is 7.15. The predicted octanol–water partition coefficient (Wildman–Crippen LogP) is 4.02. The van der Waals surface area contributed by atoms with E-state index in [-0.39, 0.29) is 11.8 Å². The molecule has 2 N–H and O–H groups in total. The number of hydrogen-bond acceptors (Lipinski definition) is 3. The van der Waals surface area contributed by atoms with Crippen molar-refractivity contribution in [3.05, 3.63) is 71.0 Å². The van der Waals surface area contributed by atoms with E-state index in [9.17, 15) is 9.59 Å². The maximum atomic E-state index is 12.7. The number of fused-ring (bicyclic) bond motifs is 1. The lowest BCUT2D eigenvalue weighted by molar-refractivity contribution is -0.116. The van der Waals surface area contributed by atoms with Gasteiger partial charge in [-0.2, -0.15) is 5.10 Å². The number of nitrogens with zero attached hydrogens (tertiary/aromatic N) is 2. The van der Waals surface area contributed by atoms with E-state index in [2.05, 4.69) is 15.7 Å². The number of rotatable bonds is 3. The molecule has 0 bridgehead atoms. The van der Waals surface area contributed by atoms with Gasteiger partial charge in [0.2, 0.25) is 5.91 Å². The van der Waals surface area contributed by atoms with Gasteiger partial charge in [0.05, 0.1) is 5.69 Å². The third-order valence-electron chi connectivity index (χ3n) is 4.89. The van der Waals surface area contributed by atoms with E-state index in [1.54, 1.807) is 16.8 Å². The summed E-state index contributed by atoms with van der Waals surface area (Å²) >= 11 is 0. The molecule has 6 nitrogen and oxygen atoms in total. The molecule has 28 heavy (non-hydrogen) atoms. The summed E-state index contributed by atoms with van der Waals surface area (Å²) in [5, 5.41) is 10.3. The summed E-state index contributed by atoms with van der Waals surface area (Å²) in [7, 11) is 0. The lowest BCUT2D eigenvalue weighted by Gasteiger charge is -2.10. The number of carbonyl (C=O) groups is 2. The Morgan fingerprint density at radius 1 is 1.07 bits per heavy atom. The van der Waals surface area contributed by atoms with Crippen molar-refractivity contribution >= 4 is 23.2 Å². The van der Waals surface area contributed by atoms with E-state index in [1.807, 2.05) is 50.2 Å². The molecule has 142 valence electrons. The SMILES string of the molecule is Cc1ccc(-n2nc(C(=O)Nc3ccc4c(c3)CCCC(=O)N4)cc2C)cc1. The van der Waals surface area contributed by atoms with Crippen LogP contribution >= 0.6 is 0 Å². The van der Waals surface area contributed by atoms with Crippen LogP contribution in [-0.4, -0.2) is 21.6 Å². The molecule has 1 aliphatic rings. The number of hydrogen-bond donors (Lipinski definition) is 2. The van der Waals surface area contributed by atoms with Gasteiger partial charge in [0.1, 0.15) is 0 Å². The summed E-state index contributed by atoms with van der Waals surface area (Å²) in [5.74, 6) is -0.223. The molecule has 0 saturated heterocycles. The Labute approximate surface area is 163 Å². The third-order valence-corrected chi connectivity index (χ3v) is 4.89. The zero-order valence-electron chi connectivity index (χ0n) is 16.0. The second kappa shape index (κ2) is 7.31. The predicted molar refractivity (Wildman–Crippen MR) is 109 cm³/mol. The maximum Gasteiger partial charge on any atom is 0.276 e. The van der Waals surface area contributed by atoms with Gasteiger partial charge in [0.15, 0.2) is 5.69 Å². The van der Waals surface area contributed by atoms with E-state index in [0.717, 1.165) is 35.5 Å². The largest absolute Gasteiger partial charge is 0.326 e. The number of benzene rings is 2. The van der Waals surface area contributed by atoms with E-state index >= 15 is 0 Å². The molecular weight excluding hydrogens is 352 g/mol. The summed E-state index contributed by atoms with van der Waals surface area (Å²) in [4.78, 5) is 24.4. The van der Waals surface area contributed by atoms with Crippen LogP contribution in [0.5, 0.6) is 0 Å². The minimum absolute atomic E-state index is 0.0349. The summed E-state index contributed by atoms with van der Waals surface area (Å²) in [6, 6.07) is 15.3. The topological polar surface area (TPSA) is 76.0 Å². The van der Waals surface area contributed by atoms with Gasteiger partial charge < -0.3 is 10.6 Å². The van der Waals surface area contributed by atoms with E-state index in [4.69, 9.17) is 0 Å². The van der Waals surface area contributed by atoms with Crippen LogP contribution in [-0.2, 0) is 11.2 Å². The zero-order valence-corrected chi connectivity index (χ0v) is 16.0. The molecular formula is C22H22N4O2. The lowest BCUT2D eigenvalue weighted by Crippen LogP contribution is -2.14. The molecule has 6 heteroatoms. The first-order chi connectivity index (χ1) is 13.5. The molecule has 4 rings (SSSR count). The van der Waals surface area contributed by atoms with Crippen molar-refractivity contribution in [1.29, 1.82) is 0 Å². The zero-order chi connectivity index (χ0) is 19.7. The van der Waals surface area contributed by atoms with Gasteiger partial charge >= 0.3 is 0 Å². The summed E-state index contributed by atoms with van der Waals surface area (Å²) in [6.45, 7) is 3.96. The molecule has 1 aliphatic heterocycles. The van der Waals surface area contributed by atoms with Crippen LogP contribution in [0.3, 0.4) is 0 Å². The van der Waals surface area contributed by atoms with Crippen molar-refractivity contribution in [3.63, 3.8) is 0 Å². The number of aromatic nitrogens is 2. The number of nitrogens with one attached hydrogen (secondary N) is 2. The fourth-order valence-electron chi connectivity index (χ4n) is 3.38. The van der Waals surface area contributed by atoms with Gasteiger partial charge in [0.25, 0.3) is 5.91 Å². The number of anilines is 2. The first kappa shape index (κ1) is 18.0. The van der Waals surface area contributed by atoms with Gasteiger partial charge in [-0.05, 0) is 68.7 Å². The fourth-order valence-corrected chi connectivity index (χ4v) is 3.38. The normalized spacial score (nSPS) is 13.4. The first-order valence-electron chi connectivity index (χ1n) is 9.37. The Hall–Kier alpha value is -3.41. The smallest absolute Gasteiger partial charge is 0.276 e. The van der Waals surface area contributed by atoms with E-state index in [1.165, 1.54) is 5.56 Å². The summed E-state index contributed by atoms with van der Waals surface area (Å²) in [5.41, 5.74) is 5.89.